The molecule has 2 aromatic heterocycles. The minimum Gasteiger partial charge on any atom is -0.348 e. The van der Waals surface area contributed by atoms with E-state index in [0.717, 1.165) is 20.8 Å². The van der Waals surface area contributed by atoms with Crippen molar-refractivity contribution in [1.82, 2.24) is 19.8 Å². The van der Waals surface area contributed by atoms with Gasteiger partial charge in [0.1, 0.15) is 17.3 Å². The van der Waals surface area contributed by atoms with Crippen molar-refractivity contribution in [2.75, 3.05) is 13.1 Å². The highest BCUT2D eigenvalue weighted by molar-refractivity contribution is 9.10. The lowest BCUT2D eigenvalue weighted by atomic mass is 10.1. The zero-order valence-electron chi connectivity index (χ0n) is 14.3. The van der Waals surface area contributed by atoms with Gasteiger partial charge in [-0.25, -0.2) is 4.98 Å². The number of aromatic nitrogens is 2. The number of hydrogen-bond donors (Lipinski definition) is 1. The Morgan fingerprint density at radius 1 is 1.30 bits per heavy atom. The minimum atomic E-state index is -0.130. The number of hydrogen-bond acceptors (Lipinski definition) is 3. The Bertz CT molecular complexity index is 1090. The second-order valence-corrected chi connectivity index (χ2v) is 7.77. The summed E-state index contributed by atoms with van der Waals surface area (Å²) in [4.78, 5) is 30.1. The number of carbonyl (C=O) groups excluding carboxylic acids is 2. The molecule has 3 heterocycles. The summed E-state index contributed by atoms with van der Waals surface area (Å²) in [6.45, 7) is 4.60. The summed E-state index contributed by atoms with van der Waals surface area (Å²) in [7, 11) is 0. The summed E-state index contributed by atoms with van der Waals surface area (Å²) in [5.41, 5.74) is 1.58. The van der Waals surface area contributed by atoms with Gasteiger partial charge < -0.3 is 14.8 Å². The molecule has 1 aliphatic rings. The average Bonchev–Trinajstić information content (AvgIpc) is 2.89. The van der Waals surface area contributed by atoms with Crippen LogP contribution in [0, 0.1) is 0 Å². The van der Waals surface area contributed by atoms with Crippen molar-refractivity contribution < 1.29 is 9.59 Å². The first-order chi connectivity index (χ1) is 13.0. The number of rotatable bonds is 4. The molecule has 2 amide bonds. The summed E-state index contributed by atoms with van der Waals surface area (Å²) >= 11 is 9.57. The number of benzene rings is 1. The first kappa shape index (κ1) is 18.0. The van der Waals surface area contributed by atoms with Crippen LogP contribution in [0.25, 0.3) is 21.9 Å². The number of likely N-dealkylation sites (tertiary alicyclic amines) is 1. The maximum atomic E-state index is 12.6. The molecule has 1 saturated heterocycles. The molecule has 0 unspecified atom stereocenters. The zero-order valence-corrected chi connectivity index (χ0v) is 16.6. The van der Waals surface area contributed by atoms with Crippen LogP contribution in [0.4, 0.5) is 0 Å². The van der Waals surface area contributed by atoms with Crippen molar-refractivity contribution in [2.45, 2.75) is 12.6 Å². The average molecular weight is 448 g/mol. The second kappa shape index (κ2) is 6.98. The van der Waals surface area contributed by atoms with E-state index in [1.165, 1.54) is 6.08 Å². The lowest BCUT2D eigenvalue weighted by Crippen LogP contribution is -2.61. The van der Waals surface area contributed by atoms with E-state index in [4.69, 9.17) is 11.6 Å². The van der Waals surface area contributed by atoms with E-state index in [0.29, 0.717) is 23.9 Å². The quantitative estimate of drug-likeness (QED) is 0.494. The lowest BCUT2D eigenvalue weighted by molar-refractivity contribution is -0.133. The van der Waals surface area contributed by atoms with Gasteiger partial charge in [0, 0.05) is 28.3 Å². The monoisotopic (exact) mass is 446 g/mol. The van der Waals surface area contributed by atoms with Gasteiger partial charge in [-0.05, 0) is 36.4 Å². The third kappa shape index (κ3) is 3.33. The Balaban J connectivity index is 1.59. The molecule has 0 spiro atoms. The molecule has 0 atom stereocenters. The smallest absolute Gasteiger partial charge is 0.246 e. The highest BCUT2D eigenvalue weighted by Gasteiger charge is 2.30. The van der Waals surface area contributed by atoms with Crippen LogP contribution in [0.2, 0.25) is 5.15 Å². The maximum absolute atomic E-state index is 12.6. The van der Waals surface area contributed by atoms with E-state index < -0.39 is 0 Å². The number of amides is 2. The molecule has 27 heavy (non-hydrogen) atoms. The SMILES string of the molecule is C=CC(=O)N1CC(NC(=O)Cn2c3ccc(Br)cc3c3ccc(Cl)nc32)C1. The molecule has 8 heteroatoms. The molecule has 1 fully saturated rings. The van der Waals surface area contributed by atoms with Crippen molar-refractivity contribution in [3.8, 4) is 0 Å². The van der Waals surface area contributed by atoms with Crippen LogP contribution >= 0.6 is 27.5 Å². The summed E-state index contributed by atoms with van der Waals surface area (Å²) in [5, 5.41) is 5.28. The summed E-state index contributed by atoms with van der Waals surface area (Å²) in [6, 6.07) is 9.51. The zero-order chi connectivity index (χ0) is 19.1. The van der Waals surface area contributed by atoms with Crippen molar-refractivity contribution in [3.63, 3.8) is 0 Å². The highest BCUT2D eigenvalue weighted by Crippen LogP contribution is 2.31. The lowest BCUT2D eigenvalue weighted by Gasteiger charge is -2.38. The topological polar surface area (TPSA) is 67.2 Å². The van der Waals surface area contributed by atoms with Gasteiger partial charge >= 0.3 is 0 Å². The first-order valence-electron chi connectivity index (χ1n) is 8.41. The van der Waals surface area contributed by atoms with Crippen LogP contribution < -0.4 is 5.32 Å². The van der Waals surface area contributed by atoms with E-state index in [1.807, 2.05) is 28.8 Å². The van der Waals surface area contributed by atoms with Gasteiger partial charge in [-0.3, -0.25) is 9.59 Å². The van der Waals surface area contributed by atoms with E-state index in [2.05, 4.69) is 32.8 Å². The molecule has 6 nitrogen and oxygen atoms in total. The Morgan fingerprint density at radius 3 is 2.81 bits per heavy atom. The third-order valence-electron chi connectivity index (χ3n) is 4.67. The number of pyridine rings is 1. The fourth-order valence-corrected chi connectivity index (χ4v) is 3.87. The molecule has 1 aromatic carbocycles. The van der Waals surface area contributed by atoms with E-state index in [-0.39, 0.29) is 24.4 Å². The molecule has 1 aliphatic heterocycles. The first-order valence-corrected chi connectivity index (χ1v) is 9.58. The Hall–Kier alpha value is -2.38. The van der Waals surface area contributed by atoms with E-state index in [1.54, 1.807) is 11.0 Å². The summed E-state index contributed by atoms with van der Waals surface area (Å²) in [5.74, 6) is -0.249. The number of fused-ring (bicyclic) bond motifs is 3. The van der Waals surface area contributed by atoms with Crippen molar-refractivity contribution in [3.05, 3.63) is 52.6 Å². The Kier molecular flexibility index (Phi) is 4.65. The maximum Gasteiger partial charge on any atom is 0.246 e. The Morgan fingerprint density at radius 2 is 2.07 bits per heavy atom. The van der Waals surface area contributed by atoms with E-state index >= 15 is 0 Å². The highest BCUT2D eigenvalue weighted by atomic mass is 79.9. The summed E-state index contributed by atoms with van der Waals surface area (Å²) < 4.78 is 2.82. The molecule has 3 aromatic rings. The minimum absolute atomic E-state index is 0.0415. The van der Waals surface area contributed by atoms with Crippen LogP contribution in [-0.2, 0) is 16.1 Å². The second-order valence-electron chi connectivity index (χ2n) is 6.46. The Labute approximate surface area is 168 Å². The fourth-order valence-electron chi connectivity index (χ4n) is 3.37. The van der Waals surface area contributed by atoms with Gasteiger partial charge in [0.25, 0.3) is 0 Å². The number of nitrogens with one attached hydrogen (secondary N) is 1. The van der Waals surface area contributed by atoms with Gasteiger partial charge in [0.15, 0.2) is 0 Å². The molecule has 0 bridgehead atoms. The van der Waals surface area contributed by atoms with Gasteiger partial charge in [-0.15, -0.1) is 0 Å². The van der Waals surface area contributed by atoms with Gasteiger partial charge in [0.2, 0.25) is 11.8 Å². The van der Waals surface area contributed by atoms with Crippen LogP contribution in [0.5, 0.6) is 0 Å². The van der Waals surface area contributed by atoms with Crippen molar-refractivity contribution in [2.24, 2.45) is 0 Å². The molecule has 138 valence electrons. The van der Waals surface area contributed by atoms with Gasteiger partial charge in [-0.2, -0.15) is 0 Å². The molecule has 0 saturated carbocycles. The summed E-state index contributed by atoms with van der Waals surface area (Å²) in [6.07, 6.45) is 1.28. The fraction of sp³-hybridized carbons (Fsp3) is 0.211. The number of halogens is 2. The van der Waals surface area contributed by atoms with Gasteiger partial charge in [0.05, 0.1) is 11.6 Å². The predicted molar refractivity (Wildman–Crippen MR) is 109 cm³/mol. The molecule has 4 rings (SSSR count). The van der Waals surface area contributed by atoms with Crippen LogP contribution in [0.1, 0.15) is 0 Å². The molecule has 1 N–H and O–H groups in total. The van der Waals surface area contributed by atoms with Gasteiger partial charge in [-0.1, -0.05) is 34.1 Å². The number of carbonyl (C=O) groups is 2. The predicted octanol–water partition coefficient (Wildman–Crippen LogP) is 3.12. The van der Waals surface area contributed by atoms with Crippen LogP contribution in [-0.4, -0.2) is 45.4 Å². The number of nitrogens with zero attached hydrogens (tertiary/aromatic N) is 3. The largest absolute Gasteiger partial charge is 0.348 e. The standard InChI is InChI=1S/C19H16BrClN4O2/c1-2-18(27)24-8-12(9-24)22-17(26)10-25-15-5-3-11(20)7-14(15)13-4-6-16(21)23-19(13)25/h2-7,12H,1,8-10H2,(H,22,26). The molecular formula is C19H16BrClN4O2. The van der Waals surface area contributed by atoms with Crippen molar-refractivity contribution in [1.29, 1.82) is 0 Å². The van der Waals surface area contributed by atoms with Crippen LogP contribution in [0.3, 0.4) is 0 Å². The normalized spacial score (nSPS) is 14.4. The van der Waals surface area contributed by atoms with E-state index in [9.17, 15) is 9.59 Å². The molecular weight excluding hydrogens is 432 g/mol. The van der Waals surface area contributed by atoms with Crippen molar-refractivity contribution >= 4 is 61.3 Å². The van der Waals surface area contributed by atoms with Crippen LogP contribution in [0.15, 0.2) is 47.5 Å². The third-order valence-corrected chi connectivity index (χ3v) is 5.37. The molecule has 0 radical (unpaired) electrons. The molecule has 0 aliphatic carbocycles.